The molecular formula is C12H15N3O. The number of aromatic nitrogens is 1. The number of nitrogens with zero attached hydrogens (tertiary/aromatic N) is 2. The summed E-state index contributed by atoms with van der Waals surface area (Å²) in [5.41, 5.74) is 7.64. The van der Waals surface area contributed by atoms with Crippen molar-refractivity contribution < 1.29 is 4.42 Å². The first-order valence-electron chi connectivity index (χ1n) is 5.65. The van der Waals surface area contributed by atoms with E-state index in [2.05, 4.69) is 16.0 Å². The van der Waals surface area contributed by atoms with E-state index in [1.54, 1.807) is 12.5 Å². The van der Waals surface area contributed by atoms with E-state index in [9.17, 15) is 0 Å². The highest BCUT2D eigenvalue weighted by Gasteiger charge is 2.23. The molecule has 4 nitrogen and oxygen atoms in total. The van der Waals surface area contributed by atoms with Crippen molar-refractivity contribution in [1.29, 1.82) is 0 Å². The molecule has 3 rings (SSSR count). The fourth-order valence-corrected chi connectivity index (χ4v) is 2.38. The Morgan fingerprint density at radius 3 is 3.25 bits per heavy atom. The molecule has 16 heavy (non-hydrogen) atoms. The Morgan fingerprint density at radius 1 is 1.50 bits per heavy atom. The SMILES string of the molecule is NCC1CCN(c2ccnc3occc23)C1. The van der Waals surface area contributed by atoms with Crippen molar-refractivity contribution in [3.05, 3.63) is 24.6 Å². The van der Waals surface area contributed by atoms with E-state index >= 15 is 0 Å². The predicted octanol–water partition coefficient (Wildman–Crippen LogP) is 1.61. The molecule has 2 aromatic heterocycles. The van der Waals surface area contributed by atoms with Crippen LogP contribution >= 0.6 is 0 Å². The van der Waals surface area contributed by atoms with Gasteiger partial charge in [0, 0.05) is 19.3 Å². The molecular weight excluding hydrogens is 202 g/mol. The van der Waals surface area contributed by atoms with Gasteiger partial charge in [0.25, 0.3) is 0 Å². The Bertz CT molecular complexity index is 494. The van der Waals surface area contributed by atoms with Crippen molar-refractivity contribution in [1.82, 2.24) is 4.98 Å². The summed E-state index contributed by atoms with van der Waals surface area (Å²) in [6, 6.07) is 4.03. The molecule has 0 radical (unpaired) electrons. The van der Waals surface area contributed by atoms with Gasteiger partial charge in [0.1, 0.15) is 0 Å². The van der Waals surface area contributed by atoms with Crippen LogP contribution in [0, 0.1) is 5.92 Å². The molecule has 1 atom stereocenters. The second-order valence-corrected chi connectivity index (χ2v) is 4.31. The summed E-state index contributed by atoms with van der Waals surface area (Å²) in [6.45, 7) is 2.89. The molecule has 1 aliphatic rings. The number of hydrogen-bond donors (Lipinski definition) is 1. The van der Waals surface area contributed by atoms with E-state index in [1.807, 2.05) is 6.07 Å². The standard InChI is InChI=1S/C12H15N3O/c13-7-9-2-5-15(8-9)11-1-4-14-12-10(11)3-6-16-12/h1,3-4,6,9H,2,5,7-8,13H2. The number of furan rings is 1. The largest absolute Gasteiger partial charge is 0.446 e. The molecule has 0 spiro atoms. The summed E-state index contributed by atoms with van der Waals surface area (Å²) in [7, 11) is 0. The molecule has 1 aliphatic heterocycles. The van der Waals surface area contributed by atoms with Crippen LogP contribution in [0.3, 0.4) is 0 Å². The first-order chi connectivity index (χ1) is 7.88. The van der Waals surface area contributed by atoms with E-state index < -0.39 is 0 Å². The number of rotatable bonds is 2. The molecule has 2 N–H and O–H groups in total. The Morgan fingerprint density at radius 2 is 2.44 bits per heavy atom. The Labute approximate surface area is 94.0 Å². The smallest absolute Gasteiger partial charge is 0.227 e. The average Bonchev–Trinajstić information content (AvgIpc) is 2.97. The van der Waals surface area contributed by atoms with Crippen LogP contribution in [0.5, 0.6) is 0 Å². The summed E-state index contributed by atoms with van der Waals surface area (Å²) in [6.07, 6.45) is 4.67. The molecule has 0 aliphatic carbocycles. The van der Waals surface area contributed by atoms with Crippen LogP contribution in [0.1, 0.15) is 6.42 Å². The van der Waals surface area contributed by atoms with Crippen molar-refractivity contribution in [3.63, 3.8) is 0 Å². The fraction of sp³-hybridized carbons (Fsp3) is 0.417. The molecule has 0 amide bonds. The monoisotopic (exact) mass is 217 g/mol. The van der Waals surface area contributed by atoms with E-state index in [0.29, 0.717) is 11.6 Å². The molecule has 1 saturated heterocycles. The molecule has 0 bridgehead atoms. The number of nitrogens with two attached hydrogens (primary N) is 1. The Kier molecular flexibility index (Phi) is 2.29. The van der Waals surface area contributed by atoms with Crippen molar-refractivity contribution in [3.8, 4) is 0 Å². The van der Waals surface area contributed by atoms with Gasteiger partial charge in [0.2, 0.25) is 5.71 Å². The zero-order chi connectivity index (χ0) is 11.0. The minimum Gasteiger partial charge on any atom is -0.446 e. The van der Waals surface area contributed by atoms with E-state index in [0.717, 1.165) is 25.0 Å². The first-order valence-corrected chi connectivity index (χ1v) is 5.65. The molecule has 2 aromatic rings. The molecule has 0 saturated carbocycles. The predicted molar refractivity (Wildman–Crippen MR) is 63.4 cm³/mol. The van der Waals surface area contributed by atoms with Gasteiger partial charge in [0.05, 0.1) is 17.3 Å². The van der Waals surface area contributed by atoms with Crippen molar-refractivity contribution in [2.45, 2.75) is 6.42 Å². The van der Waals surface area contributed by atoms with Gasteiger partial charge >= 0.3 is 0 Å². The van der Waals surface area contributed by atoms with Gasteiger partial charge in [-0.3, -0.25) is 0 Å². The Balaban J connectivity index is 1.97. The molecule has 84 valence electrons. The van der Waals surface area contributed by atoms with Gasteiger partial charge in [-0.1, -0.05) is 0 Å². The third kappa shape index (κ3) is 1.46. The van der Waals surface area contributed by atoms with Crippen LogP contribution in [0.4, 0.5) is 5.69 Å². The lowest BCUT2D eigenvalue weighted by Crippen LogP contribution is -2.22. The van der Waals surface area contributed by atoms with Crippen LogP contribution < -0.4 is 10.6 Å². The maximum Gasteiger partial charge on any atom is 0.227 e. The van der Waals surface area contributed by atoms with Crippen molar-refractivity contribution in [2.24, 2.45) is 11.7 Å². The van der Waals surface area contributed by atoms with Gasteiger partial charge in [-0.2, -0.15) is 0 Å². The van der Waals surface area contributed by atoms with Crippen LogP contribution in [0.2, 0.25) is 0 Å². The maximum absolute atomic E-state index is 5.71. The lowest BCUT2D eigenvalue weighted by atomic mass is 10.1. The van der Waals surface area contributed by atoms with Gasteiger partial charge in [-0.05, 0) is 31.0 Å². The summed E-state index contributed by atoms with van der Waals surface area (Å²) in [4.78, 5) is 6.57. The highest BCUT2D eigenvalue weighted by atomic mass is 16.3. The number of hydrogen-bond acceptors (Lipinski definition) is 4. The van der Waals surface area contributed by atoms with Crippen LogP contribution in [0.15, 0.2) is 29.0 Å². The van der Waals surface area contributed by atoms with Crippen LogP contribution in [0.25, 0.3) is 11.1 Å². The summed E-state index contributed by atoms with van der Waals surface area (Å²) in [5.74, 6) is 0.620. The summed E-state index contributed by atoms with van der Waals surface area (Å²) in [5, 5.41) is 1.10. The van der Waals surface area contributed by atoms with E-state index in [1.165, 1.54) is 12.1 Å². The second kappa shape index (κ2) is 3.79. The van der Waals surface area contributed by atoms with Crippen molar-refractivity contribution >= 4 is 16.8 Å². The van der Waals surface area contributed by atoms with Crippen LogP contribution in [-0.4, -0.2) is 24.6 Å². The number of pyridine rings is 1. The lowest BCUT2D eigenvalue weighted by Gasteiger charge is -2.18. The zero-order valence-corrected chi connectivity index (χ0v) is 9.10. The van der Waals surface area contributed by atoms with E-state index in [4.69, 9.17) is 10.2 Å². The van der Waals surface area contributed by atoms with Gasteiger partial charge < -0.3 is 15.1 Å². The molecule has 0 aromatic carbocycles. The minimum absolute atomic E-state index is 0.620. The van der Waals surface area contributed by atoms with Crippen molar-refractivity contribution in [2.75, 3.05) is 24.5 Å². The summed E-state index contributed by atoms with van der Waals surface area (Å²) >= 11 is 0. The highest BCUT2D eigenvalue weighted by Crippen LogP contribution is 2.29. The third-order valence-electron chi connectivity index (χ3n) is 3.30. The molecule has 3 heterocycles. The van der Waals surface area contributed by atoms with Crippen LogP contribution in [-0.2, 0) is 0 Å². The molecule has 1 fully saturated rings. The zero-order valence-electron chi connectivity index (χ0n) is 9.10. The minimum atomic E-state index is 0.620. The number of fused-ring (bicyclic) bond motifs is 1. The van der Waals surface area contributed by atoms with Gasteiger partial charge in [0.15, 0.2) is 0 Å². The maximum atomic E-state index is 5.71. The second-order valence-electron chi connectivity index (χ2n) is 4.31. The third-order valence-corrected chi connectivity index (χ3v) is 3.30. The summed E-state index contributed by atoms with van der Waals surface area (Å²) < 4.78 is 5.31. The molecule has 4 heteroatoms. The number of anilines is 1. The normalized spacial score (nSPS) is 20.8. The first kappa shape index (κ1) is 9.66. The quantitative estimate of drug-likeness (QED) is 0.830. The Hall–Kier alpha value is -1.55. The molecule has 1 unspecified atom stereocenters. The van der Waals surface area contributed by atoms with Gasteiger partial charge in [-0.15, -0.1) is 0 Å². The van der Waals surface area contributed by atoms with E-state index in [-0.39, 0.29) is 0 Å². The lowest BCUT2D eigenvalue weighted by molar-refractivity contribution is 0.601. The topological polar surface area (TPSA) is 55.3 Å². The average molecular weight is 217 g/mol. The fourth-order valence-electron chi connectivity index (χ4n) is 2.38. The highest BCUT2D eigenvalue weighted by molar-refractivity contribution is 5.88. The van der Waals surface area contributed by atoms with Gasteiger partial charge in [-0.25, -0.2) is 4.98 Å².